The molecule has 2 aromatic rings. The van der Waals surface area contributed by atoms with Gasteiger partial charge in [0.25, 0.3) is 12.3 Å². The molecule has 1 N–H and O–H groups in total. The van der Waals surface area contributed by atoms with Crippen LogP contribution in [0.3, 0.4) is 0 Å². The van der Waals surface area contributed by atoms with Crippen LogP contribution < -0.4 is 10.1 Å². The van der Waals surface area contributed by atoms with Crippen LogP contribution in [-0.4, -0.2) is 19.4 Å². The van der Waals surface area contributed by atoms with Crippen molar-refractivity contribution in [2.45, 2.75) is 12.5 Å². The number of hydrogen-bond donors (Lipinski definition) is 1. The molecule has 3 nitrogen and oxygen atoms in total. The summed E-state index contributed by atoms with van der Waals surface area (Å²) < 4.78 is 31.4. The zero-order valence-corrected chi connectivity index (χ0v) is 11.4. The molecule has 0 heterocycles. The summed E-state index contributed by atoms with van der Waals surface area (Å²) in [5.74, 6) is 0.0397. The van der Waals surface area contributed by atoms with Gasteiger partial charge in [-0.3, -0.25) is 4.79 Å². The first-order valence-electron chi connectivity index (χ1n) is 6.40. The van der Waals surface area contributed by atoms with E-state index < -0.39 is 18.4 Å². The van der Waals surface area contributed by atoms with Crippen LogP contribution >= 0.6 is 0 Å². The van der Waals surface area contributed by atoms with Crippen molar-refractivity contribution < 1.29 is 18.3 Å². The topological polar surface area (TPSA) is 38.3 Å². The molecule has 0 saturated heterocycles. The minimum absolute atomic E-state index is 0.329. The molecule has 0 spiro atoms. The molecule has 0 aliphatic heterocycles. The van der Waals surface area contributed by atoms with Crippen LogP contribution in [-0.2, 0) is 0 Å². The fourth-order valence-electron chi connectivity index (χ4n) is 1.92. The first-order chi connectivity index (χ1) is 10.1. The van der Waals surface area contributed by atoms with Gasteiger partial charge in [0, 0.05) is 5.56 Å². The fourth-order valence-corrected chi connectivity index (χ4v) is 1.92. The molecule has 1 atom stereocenters. The van der Waals surface area contributed by atoms with Gasteiger partial charge in [0.15, 0.2) is 0 Å². The van der Waals surface area contributed by atoms with Crippen molar-refractivity contribution >= 4 is 5.91 Å². The van der Waals surface area contributed by atoms with Crippen molar-refractivity contribution in [3.8, 4) is 5.75 Å². The quantitative estimate of drug-likeness (QED) is 0.916. The number of methoxy groups -OCH3 is 1. The lowest BCUT2D eigenvalue weighted by Gasteiger charge is -2.18. The summed E-state index contributed by atoms with van der Waals surface area (Å²) in [5.41, 5.74) is 0.673. The van der Waals surface area contributed by atoms with Gasteiger partial charge >= 0.3 is 0 Å². The number of carbonyl (C=O) groups is 1. The molecule has 0 aliphatic carbocycles. The largest absolute Gasteiger partial charge is 0.497 e. The molecule has 0 saturated carbocycles. The standard InChI is InChI=1S/C16H15F2NO2/c1-21-13-9-7-11(8-10-13)14(15(17)18)19-16(20)12-5-3-2-4-6-12/h2-10,14-15H,1H3,(H,19,20)/t14-/m0/s1. The second-order valence-corrected chi connectivity index (χ2v) is 4.42. The average Bonchev–Trinajstić information content (AvgIpc) is 2.53. The monoisotopic (exact) mass is 291 g/mol. The van der Waals surface area contributed by atoms with E-state index in [1.54, 1.807) is 42.5 Å². The Morgan fingerprint density at radius 1 is 1.05 bits per heavy atom. The molecule has 21 heavy (non-hydrogen) atoms. The Bertz CT molecular complexity index is 585. The molecule has 0 bridgehead atoms. The van der Waals surface area contributed by atoms with Crippen LogP contribution in [0.1, 0.15) is 22.0 Å². The van der Waals surface area contributed by atoms with Crippen LogP contribution in [0.4, 0.5) is 8.78 Å². The van der Waals surface area contributed by atoms with Crippen molar-refractivity contribution in [1.82, 2.24) is 5.32 Å². The van der Waals surface area contributed by atoms with E-state index in [2.05, 4.69) is 5.32 Å². The van der Waals surface area contributed by atoms with Crippen LogP contribution in [0, 0.1) is 0 Å². The summed E-state index contributed by atoms with van der Waals surface area (Å²) in [6.07, 6.45) is -2.70. The van der Waals surface area contributed by atoms with Crippen molar-refractivity contribution in [3.63, 3.8) is 0 Å². The zero-order valence-electron chi connectivity index (χ0n) is 11.4. The number of benzene rings is 2. The highest BCUT2D eigenvalue weighted by molar-refractivity contribution is 5.94. The second kappa shape index (κ2) is 6.83. The van der Waals surface area contributed by atoms with Crippen molar-refractivity contribution in [1.29, 1.82) is 0 Å². The van der Waals surface area contributed by atoms with E-state index >= 15 is 0 Å². The minimum Gasteiger partial charge on any atom is -0.497 e. The second-order valence-electron chi connectivity index (χ2n) is 4.42. The molecule has 0 aliphatic rings. The highest BCUT2D eigenvalue weighted by Crippen LogP contribution is 2.23. The zero-order chi connectivity index (χ0) is 15.2. The molecule has 110 valence electrons. The van der Waals surface area contributed by atoms with Gasteiger partial charge in [0.05, 0.1) is 7.11 Å². The molecule has 0 fully saturated rings. The van der Waals surface area contributed by atoms with Gasteiger partial charge in [-0.25, -0.2) is 8.78 Å². The summed E-state index contributed by atoms with van der Waals surface area (Å²) in [6.45, 7) is 0. The molecule has 0 aromatic heterocycles. The van der Waals surface area contributed by atoms with E-state index in [9.17, 15) is 13.6 Å². The molecule has 1 amide bonds. The maximum atomic E-state index is 13.2. The maximum Gasteiger partial charge on any atom is 0.262 e. The maximum absolute atomic E-state index is 13.2. The van der Waals surface area contributed by atoms with Gasteiger partial charge in [0.2, 0.25) is 0 Å². The first-order valence-corrected chi connectivity index (χ1v) is 6.40. The Morgan fingerprint density at radius 3 is 2.19 bits per heavy atom. The summed E-state index contributed by atoms with van der Waals surface area (Å²) in [5, 5.41) is 2.36. The fraction of sp³-hybridized carbons (Fsp3) is 0.188. The molecule has 0 unspecified atom stereocenters. The Balaban J connectivity index is 2.17. The summed E-state index contributed by atoms with van der Waals surface area (Å²) >= 11 is 0. The highest BCUT2D eigenvalue weighted by atomic mass is 19.3. The van der Waals surface area contributed by atoms with Gasteiger partial charge in [0.1, 0.15) is 11.8 Å². The van der Waals surface area contributed by atoms with Crippen LogP contribution in [0.25, 0.3) is 0 Å². The molecule has 5 heteroatoms. The predicted octanol–water partition coefficient (Wildman–Crippen LogP) is 3.43. The number of rotatable bonds is 5. The van der Waals surface area contributed by atoms with E-state index in [-0.39, 0.29) is 0 Å². The van der Waals surface area contributed by atoms with E-state index in [4.69, 9.17) is 4.74 Å². The van der Waals surface area contributed by atoms with Gasteiger partial charge < -0.3 is 10.1 Å². The third-order valence-electron chi connectivity index (χ3n) is 3.05. The Labute approximate surface area is 121 Å². The van der Waals surface area contributed by atoms with E-state index in [0.717, 1.165) is 0 Å². The molecule has 2 rings (SSSR count). The summed E-state index contributed by atoms with van der Waals surface area (Å²) in [7, 11) is 1.50. The molecular weight excluding hydrogens is 276 g/mol. The average molecular weight is 291 g/mol. The van der Waals surface area contributed by atoms with Gasteiger partial charge in [-0.15, -0.1) is 0 Å². The Hall–Kier alpha value is -2.43. The Morgan fingerprint density at radius 2 is 1.67 bits per heavy atom. The number of carbonyl (C=O) groups excluding carboxylic acids is 1. The third-order valence-corrected chi connectivity index (χ3v) is 3.05. The van der Waals surface area contributed by atoms with Gasteiger partial charge in [-0.2, -0.15) is 0 Å². The number of nitrogens with one attached hydrogen (secondary N) is 1. The number of amides is 1. The number of ether oxygens (including phenoxy) is 1. The number of halogens is 2. The molecule has 0 radical (unpaired) electrons. The third kappa shape index (κ3) is 3.78. The highest BCUT2D eigenvalue weighted by Gasteiger charge is 2.24. The van der Waals surface area contributed by atoms with E-state index in [1.807, 2.05) is 0 Å². The van der Waals surface area contributed by atoms with Crippen LogP contribution in [0.5, 0.6) is 5.75 Å². The lowest BCUT2D eigenvalue weighted by molar-refractivity contribution is 0.0744. The van der Waals surface area contributed by atoms with Crippen molar-refractivity contribution in [3.05, 3.63) is 65.7 Å². The molecular formula is C16H15F2NO2. The van der Waals surface area contributed by atoms with Crippen LogP contribution in [0.15, 0.2) is 54.6 Å². The normalized spacial score (nSPS) is 12.0. The van der Waals surface area contributed by atoms with E-state index in [1.165, 1.54) is 19.2 Å². The Kier molecular flexibility index (Phi) is 4.87. The van der Waals surface area contributed by atoms with E-state index in [0.29, 0.717) is 16.9 Å². The first kappa shape index (κ1) is 15.0. The number of alkyl halides is 2. The minimum atomic E-state index is -2.70. The smallest absolute Gasteiger partial charge is 0.262 e. The van der Waals surface area contributed by atoms with Gasteiger partial charge in [-0.1, -0.05) is 30.3 Å². The van der Waals surface area contributed by atoms with Crippen molar-refractivity contribution in [2.75, 3.05) is 7.11 Å². The lowest BCUT2D eigenvalue weighted by atomic mass is 10.1. The predicted molar refractivity (Wildman–Crippen MR) is 75.6 cm³/mol. The molecule has 2 aromatic carbocycles. The van der Waals surface area contributed by atoms with Crippen LogP contribution in [0.2, 0.25) is 0 Å². The summed E-state index contributed by atoms with van der Waals surface area (Å²) in [6, 6.07) is 13.1. The SMILES string of the molecule is COc1ccc([C@H](NC(=O)c2ccccc2)C(F)F)cc1. The summed E-state index contributed by atoms with van der Waals surface area (Å²) in [4.78, 5) is 12.0. The van der Waals surface area contributed by atoms with Gasteiger partial charge in [-0.05, 0) is 29.8 Å². The lowest BCUT2D eigenvalue weighted by Crippen LogP contribution is -2.32. The van der Waals surface area contributed by atoms with Crippen molar-refractivity contribution in [2.24, 2.45) is 0 Å². The number of hydrogen-bond acceptors (Lipinski definition) is 2.